The number of halogens is 1. The number of amides is 1. The van der Waals surface area contributed by atoms with E-state index in [-0.39, 0.29) is 23.8 Å². The molecule has 2 N–H and O–H groups in total. The van der Waals surface area contributed by atoms with Crippen molar-refractivity contribution in [3.05, 3.63) is 40.2 Å². The van der Waals surface area contributed by atoms with Crippen LogP contribution in [0.1, 0.15) is 17.0 Å². The van der Waals surface area contributed by atoms with Crippen molar-refractivity contribution in [1.29, 1.82) is 0 Å². The lowest BCUT2D eigenvalue weighted by Gasteiger charge is -2.25. The number of ether oxygens (including phenoxy) is 2. The molecule has 1 aromatic carbocycles. The van der Waals surface area contributed by atoms with Crippen LogP contribution in [0.25, 0.3) is 0 Å². The molecule has 26 heavy (non-hydrogen) atoms. The molecule has 0 bridgehead atoms. The number of aromatic nitrogens is 2. The zero-order chi connectivity index (χ0) is 18.5. The third-order valence-electron chi connectivity index (χ3n) is 3.81. The Morgan fingerprint density at radius 2 is 2.15 bits per heavy atom. The molecule has 1 aliphatic rings. The Morgan fingerprint density at radius 3 is 2.88 bits per heavy atom. The van der Waals surface area contributed by atoms with Gasteiger partial charge in [-0.1, -0.05) is 22.8 Å². The van der Waals surface area contributed by atoms with Gasteiger partial charge < -0.3 is 20.1 Å². The Kier molecular flexibility index (Phi) is 5.69. The summed E-state index contributed by atoms with van der Waals surface area (Å²) >= 11 is 6.08. The van der Waals surface area contributed by atoms with Crippen molar-refractivity contribution < 1.29 is 18.9 Å². The van der Waals surface area contributed by atoms with Gasteiger partial charge in [0.2, 0.25) is 0 Å². The van der Waals surface area contributed by atoms with Gasteiger partial charge in [-0.3, -0.25) is 0 Å². The van der Waals surface area contributed by atoms with Gasteiger partial charge in [-0.05, 0) is 29.8 Å². The van der Waals surface area contributed by atoms with Crippen molar-refractivity contribution in [2.24, 2.45) is 10.7 Å². The molecule has 1 fully saturated rings. The standard InChI is InChI=1S/C16H18ClN5O4/c1-10-2-3-11(8-12(10)17)19-15(18)14-13(20-26-21-14)9-25-16(23)22-4-6-24-7-5-22/h2-3,8H,4-7,9H2,1H3,(H2,18,19). The molecule has 0 radical (unpaired) electrons. The SMILES string of the molecule is Cc1ccc(N=C(N)c2nonc2COC(=O)N2CCOCC2)cc1Cl. The van der Waals surface area contributed by atoms with Gasteiger partial charge in [0.1, 0.15) is 6.61 Å². The van der Waals surface area contributed by atoms with E-state index in [1.54, 1.807) is 17.0 Å². The number of hydrogen-bond donors (Lipinski definition) is 1. The fraction of sp³-hybridized carbons (Fsp3) is 0.375. The number of benzene rings is 1. The van der Waals surface area contributed by atoms with Crippen LogP contribution in [-0.4, -0.2) is 53.4 Å². The monoisotopic (exact) mass is 379 g/mol. The highest BCUT2D eigenvalue weighted by Crippen LogP contribution is 2.22. The first-order valence-electron chi connectivity index (χ1n) is 7.96. The quantitative estimate of drug-likeness (QED) is 0.638. The maximum Gasteiger partial charge on any atom is 0.410 e. The molecule has 9 nitrogen and oxygen atoms in total. The predicted octanol–water partition coefficient (Wildman–Crippen LogP) is 2.04. The molecule has 1 saturated heterocycles. The molecule has 1 amide bonds. The molecule has 0 aliphatic carbocycles. The number of aryl methyl sites for hydroxylation is 1. The average molecular weight is 380 g/mol. The normalized spacial score (nSPS) is 15.2. The van der Waals surface area contributed by atoms with Gasteiger partial charge in [0.05, 0.1) is 18.9 Å². The second kappa shape index (κ2) is 8.15. The minimum absolute atomic E-state index is 0.0867. The molecule has 1 aromatic heterocycles. The van der Waals surface area contributed by atoms with Crippen LogP contribution in [0.15, 0.2) is 27.8 Å². The van der Waals surface area contributed by atoms with Crippen LogP contribution in [0, 0.1) is 6.92 Å². The number of morpholine rings is 1. The molecule has 0 atom stereocenters. The van der Waals surface area contributed by atoms with Crippen LogP contribution in [0.3, 0.4) is 0 Å². The van der Waals surface area contributed by atoms with Crippen LogP contribution >= 0.6 is 11.6 Å². The third kappa shape index (κ3) is 4.30. The van der Waals surface area contributed by atoms with Crippen molar-refractivity contribution in [3.63, 3.8) is 0 Å². The van der Waals surface area contributed by atoms with E-state index in [0.717, 1.165) is 5.56 Å². The van der Waals surface area contributed by atoms with Crippen LogP contribution < -0.4 is 5.73 Å². The molecule has 1 aliphatic heterocycles. The number of rotatable bonds is 4. The van der Waals surface area contributed by atoms with Crippen molar-refractivity contribution in [2.45, 2.75) is 13.5 Å². The van der Waals surface area contributed by atoms with E-state index in [9.17, 15) is 4.79 Å². The summed E-state index contributed by atoms with van der Waals surface area (Å²) in [5.41, 5.74) is 7.99. The molecule has 3 rings (SSSR count). The van der Waals surface area contributed by atoms with Gasteiger partial charge in [-0.15, -0.1) is 0 Å². The number of nitrogens with two attached hydrogens (primary N) is 1. The summed E-state index contributed by atoms with van der Waals surface area (Å²) in [5, 5.41) is 8.06. The molecular formula is C16H18ClN5O4. The second-order valence-electron chi connectivity index (χ2n) is 5.64. The number of carbonyl (C=O) groups is 1. The second-order valence-corrected chi connectivity index (χ2v) is 6.05. The van der Waals surface area contributed by atoms with Gasteiger partial charge in [0.25, 0.3) is 0 Å². The van der Waals surface area contributed by atoms with Crippen LogP contribution in [0.2, 0.25) is 5.02 Å². The minimum Gasteiger partial charge on any atom is -0.443 e. The molecular weight excluding hydrogens is 362 g/mol. The zero-order valence-corrected chi connectivity index (χ0v) is 14.9. The summed E-state index contributed by atoms with van der Waals surface area (Å²) in [7, 11) is 0. The van der Waals surface area contributed by atoms with E-state index in [2.05, 4.69) is 15.3 Å². The lowest BCUT2D eigenvalue weighted by Crippen LogP contribution is -2.41. The lowest BCUT2D eigenvalue weighted by atomic mass is 10.2. The molecule has 2 aromatic rings. The Hall–Kier alpha value is -2.65. The third-order valence-corrected chi connectivity index (χ3v) is 4.21. The highest BCUT2D eigenvalue weighted by molar-refractivity contribution is 6.31. The van der Waals surface area contributed by atoms with E-state index in [0.29, 0.717) is 37.0 Å². The molecule has 138 valence electrons. The summed E-state index contributed by atoms with van der Waals surface area (Å²) in [4.78, 5) is 17.8. The number of aliphatic imine (C=N–C) groups is 1. The fourth-order valence-electron chi connectivity index (χ4n) is 2.31. The predicted molar refractivity (Wildman–Crippen MR) is 93.4 cm³/mol. The van der Waals surface area contributed by atoms with E-state index in [1.165, 1.54) is 0 Å². The maximum absolute atomic E-state index is 12.0. The molecule has 10 heteroatoms. The first kappa shape index (κ1) is 18.2. The summed E-state index contributed by atoms with van der Waals surface area (Å²) in [6, 6.07) is 5.30. The molecule has 0 unspecified atom stereocenters. The van der Waals surface area contributed by atoms with E-state index < -0.39 is 6.09 Å². The Bertz CT molecular complexity index is 817. The number of carbonyl (C=O) groups excluding carboxylic acids is 1. The zero-order valence-electron chi connectivity index (χ0n) is 14.1. The van der Waals surface area contributed by atoms with Gasteiger partial charge >= 0.3 is 6.09 Å². The molecule has 0 spiro atoms. The minimum atomic E-state index is -0.455. The number of hydrogen-bond acceptors (Lipinski definition) is 7. The average Bonchev–Trinajstić information content (AvgIpc) is 3.12. The number of amidine groups is 1. The van der Waals surface area contributed by atoms with Crippen LogP contribution in [0.4, 0.5) is 10.5 Å². The first-order chi connectivity index (χ1) is 12.5. The van der Waals surface area contributed by atoms with Gasteiger partial charge in [0.15, 0.2) is 17.2 Å². The van der Waals surface area contributed by atoms with Gasteiger partial charge in [0, 0.05) is 18.1 Å². The van der Waals surface area contributed by atoms with E-state index >= 15 is 0 Å². The lowest BCUT2D eigenvalue weighted by molar-refractivity contribution is 0.0244. The Morgan fingerprint density at radius 1 is 1.38 bits per heavy atom. The van der Waals surface area contributed by atoms with Crippen molar-refractivity contribution in [2.75, 3.05) is 26.3 Å². The Labute approximate surface area is 154 Å². The van der Waals surface area contributed by atoms with Crippen molar-refractivity contribution >= 4 is 29.2 Å². The topological polar surface area (TPSA) is 116 Å². The van der Waals surface area contributed by atoms with Crippen molar-refractivity contribution in [1.82, 2.24) is 15.2 Å². The van der Waals surface area contributed by atoms with Crippen LogP contribution in [0.5, 0.6) is 0 Å². The van der Waals surface area contributed by atoms with Gasteiger partial charge in [-0.2, -0.15) is 0 Å². The van der Waals surface area contributed by atoms with Crippen LogP contribution in [-0.2, 0) is 16.1 Å². The summed E-state index contributed by atoms with van der Waals surface area (Å²) in [6.45, 7) is 3.72. The fourth-order valence-corrected chi connectivity index (χ4v) is 2.48. The molecule has 0 saturated carbocycles. The number of nitrogens with zero attached hydrogens (tertiary/aromatic N) is 4. The first-order valence-corrected chi connectivity index (χ1v) is 8.34. The largest absolute Gasteiger partial charge is 0.443 e. The summed E-state index contributed by atoms with van der Waals surface area (Å²) in [6.07, 6.45) is -0.455. The summed E-state index contributed by atoms with van der Waals surface area (Å²) < 4.78 is 15.1. The Balaban J connectivity index is 1.68. The highest BCUT2D eigenvalue weighted by Gasteiger charge is 2.21. The highest BCUT2D eigenvalue weighted by atomic mass is 35.5. The van der Waals surface area contributed by atoms with Gasteiger partial charge in [-0.25, -0.2) is 14.4 Å². The van der Waals surface area contributed by atoms with E-state index in [1.807, 2.05) is 13.0 Å². The smallest absolute Gasteiger partial charge is 0.410 e. The van der Waals surface area contributed by atoms with Crippen molar-refractivity contribution in [3.8, 4) is 0 Å². The van der Waals surface area contributed by atoms with E-state index in [4.69, 9.17) is 31.4 Å². The summed E-state index contributed by atoms with van der Waals surface area (Å²) in [5.74, 6) is 0.0867. The molecule has 2 heterocycles. The maximum atomic E-state index is 12.0.